The number of para-hydroxylation sites is 3. The number of carbonyl (C=O) groups excluding carboxylic acids is 2. The lowest BCUT2D eigenvalue weighted by atomic mass is 10.1. The van der Waals surface area contributed by atoms with Crippen molar-refractivity contribution in [3.8, 4) is 11.5 Å². The van der Waals surface area contributed by atoms with Crippen LogP contribution in [0, 0.1) is 13.8 Å². The van der Waals surface area contributed by atoms with Crippen LogP contribution in [-0.2, 0) is 9.59 Å². The molecule has 0 unspecified atom stereocenters. The third kappa shape index (κ3) is 4.27. The maximum absolute atomic E-state index is 13.0. The Kier molecular flexibility index (Phi) is 6.19. The molecule has 1 atom stereocenters. The molecule has 2 aromatic carbocycles. The van der Waals surface area contributed by atoms with Crippen LogP contribution in [0.15, 0.2) is 42.5 Å². The Hall–Kier alpha value is -3.02. The first-order valence-electron chi connectivity index (χ1n) is 9.54. The summed E-state index contributed by atoms with van der Waals surface area (Å²) in [6.45, 7) is 6.50. The van der Waals surface area contributed by atoms with Crippen LogP contribution in [0.4, 0.5) is 5.69 Å². The maximum Gasteiger partial charge on any atom is 0.265 e. The molecule has 3 rings (SSSR count). The second-order valence-electron chi connectivity index (χ2n) is 6.88. The second kappa shape index (κ2) is 8.78. The Labute approximate surface area is 165 Å². The van der Waals surface area contributed by atoms with Crippen molar-refractivity contribution in [2.24, 2.45) is 0 Å². The molecule has 0 aromatic heterocycles. The SMILES string of the molecule is CCCNC(=O)[C@@H]1CN(C(=O)COc2c(C)cccc2C)c2ccccc2O1. The van der Waals surface area contributed by atoms with E-state index in [1.807, 2.05) is 57.2 Å². The molecule has 1 aliphatic rings. The fraction of sp³-hybridized carbons (Fsp3) is 0.364. The highest BCUT2D eigenvalue weighted by atomic mass is 16.5. The minimum absolute atomic E-state index is 0.108. The molecule has 0 aliphatic carbocycles. The van der Waals surface area contributed by atoms with Gasteiger partial charge in [-0.3, -0.25) is 9.59 Å². The fourth-order valence-electron chi connectivity index (χ4n) is 3.21. The molecule has 0 bridgehead atoms. The average Bonchev–Trinajstić information content (AvgIpc) is 2.70. The number of nitrogens with zero attached hydrogens (tertiary/aromatic N) is 1. The minimum atomic E-state index is -0.745. The van der Waals surface area contributed by atoms with Crippen LogP contribution in [0.25, 0.3) is 0 Å². The number of rotatable bonds is 6. The summed E-state index contributed by atoms with van der Waals surface area (Å²) in [6.07, 6.45) is 0.0898. The number of carbonyl (C=O) groups is 2. The molecule has 1 heterocycles. The quantitative estimate of drug-likeness (QED) is 0.834. The largest absolute Gasteiger partial charge is 0.483 e. The van der Waals surface area contributed by atoms with Gasteiger partial charge in [0.25, 0.3) is 11.8 Å². The highest BCUT2D eigenvalue weighted by Crippen LogP contribution is 2.33. The molecule has 28 heavy (non-hydrogen) atoms. The molecule has 6 nitrogen and oxygen atoms in total. The van der Waals surface area contributed by atoms with Crippen molar-refractivity contribution in [1.29, 1.82) is 0 Å². The Balaban J connectivity index is 1.76. The van der Waals surface area contributed by atoms with Crippen LogP contribution >= 0.6 is 0 Å². The lowest BCUT2D eigenvalue weighted by Gasteiger charge is -2.34. The van der Waals surface area contributed by atoms with E-state index in [9.17, 15) is 9.59 Å². The number of aryl methyl sites for hydroxylation is 2. The highest BCUT2D eigenvalue weighted by Gasteiger charge is 2.33. The first-order valence-corrected chi connectivity index (χ1v) is 9.54. The predicted octanol–water partition coefficient (Wildman–Crippen LogP) is 3.00. The number of hydrogen-bond acceptors (Lipinski definition) is 4. The van der Waals surface area contributed by atoms with Gasteiger partial charge < -0.3 is 19.7 Å². The van der Waals surface area contributed by atoms with Gasteiger partial charge in [0.1, 0.15) is 11.5 Å². The number of nitrogens with one attached hydrogen (secondary N) is 1. The normalized spacial score (nSPS) is 15.4. The van der Waals surface area contributed by atoms with Crippen molar-refractivity contribution in [3.05, 3.63) is 53.6 Å². The summed E-state index contributed by atoms with van der Waals surface area (Å²) in [5.74, 6) is 0.803. The van der Waals surface area contributed by atoms with E-state index in [2.05, 4.69) is 5.32 Å². The zero-order chi connectivity index (χ0) is 20.1. The Morgan fingerprint density at radius 1 is 1.14 bits per heavy atom. The topological polar surface area (TPSA) is 67.9 Å². The van der Waals surface area contributed by atoms with Gasteiger partial charge in [-0.1, -0.05) is 37.3 Å². The Morgan fingerprint density at radius 3 is 2.57 bits per heavy atom. The lowest BCUT2D eigenvalue weighted by Crippen LogP contribution is -2.51. The van der Waals surface area contributed by atoms with Crippen LogP contribution in [0.5, 0.6) is 11.5 Å². The van der Waals surface area contributed by atoms with Gasteiger partial charge in [-0.2, -0.15) is 0 Å². The molecule has 0 spiro atoms. The van der Waals surface area contributed by atoms with Gasteiger partial charge in [-0.05, 0) is 43.5 Å². The molecular formula is C22H26N2O4. The molecule has 2 amide bonds. The van der Waals surface area contributed by atoms with Crippen molar-refractivity contribution in [2.45, 2.75) is 33.3 Å². The third-order valence-corrected chi connectivity index (χ3v) is 4.67. The summed E-state index contributed by atoms with van der Waals surface area (Å²) in [6, 6.07) is 13.1. The summed E-state index contributed by atoms with van der Waals surface area (Å²) in [5, 5.41) is 2.83. The Bertz CT molecular complexity index is 845. The molecule has 0 radical (unpaired) electrons. The van der Waals surface area contributed by atoms with Gasteiger partial charge in [0.2, 0.25) is 0 Å². The maximum atomic E-state index is 13.0. The summed E-state index contributed by atoms with van der Waals surface area (Å²) in [5.41, 5.74) is 2.61. The Morgan fingerprint density at radius 2 is 1.86 bits per heavy atom. The van der Waals surface area contributed by atoms with Gasteiger partial charge in [0.05, 0.1) is 12.2 Å². The number of hydrogen-bond donors (Lipinski definition) is 1. The number of fused-ring (bicyclic) bond motifs is 1. The molecule has 148 valence electrons. The molecule has 0 saturated heterocycles. The molecule has 1 aliphatic heterocycles. The molecule has 0 saturated carbocycles. The fourth-order valence-corrected chi connectivity index (χ4v) is 3.21. The lowest BCUT2D eigenvalue weighted by molar-refractivity contribution is -0.128. The zero-order valence-corrected chi connectivity index (χ0v) is 16.5. The van der Waals surface area contributed by atoms with E-state index < -0.39 is 6.10 Å². The molecule has 6 heteroatoms. The number of benzene rings is 2. The van der Waals surface area contributed by atoms with Crippen molar-refractivity contribution in [1.82, 2.24) is 5.32 Å². The van der Waals surface area contributed by atoms with E-state index in [1.165, 1.54) is 0 Å². The van der Waals surface area contributed by atoms with Crippen molar-refractivity contribution >= 4 is 17.5 Å². The predicted molar refractivity (Wildman–Crippen MR) is 108 cm³/mol. The second-order valence-corrected chi connectivity index (χ2v) is 6.88. The first-order chi connectivity index (χ1) is 13.5. The summed E-state index contributed by atoms with van der Waals surface area (Å²) in [7, 11) is 0. The summed E-state index contributed by atoms with van der Waals surface area (Å²) < 4.78 is 11.7. The van der Waals surface area contributed by atoms with Crippen LogP contribution in [0.1, 0.15) is 24.5 Å². The molecule has 0 fully saturated rings. The van der Waals surface area contributed by atoms with Gasteiger partial charge in [-0.15, -0.1) is 0 Å². The number of amides is 2. The van der Waals surface area contributed by atoms with Crippen molar-refractivity contribution < 1.29 is 19.1 Å². The number of ether oxygens (including phenoxy) is 2. The van der Waals surface area contributed by atoms with Gasteiger partial charge in [-0.25, -0.2) is 0 Å². The molecule has 2 aromatic rings. The minimum Gasteiger partial charge on any atom is -0.483 e. The number of anilines is 1. The highest BCUT2D eigenvalue weighted by molar-refractivity contribution is 5.98. The molecular weight excluding hydrogens is 356 g/mol. The monoisotopic (exact) mass is 382 g/mol. The van der Waals surface area contributed by atoms with Crippen LogP contribution in [-0.4, -0.2) is 37.6 Å². The first kappa shape index (κ1) is 19.7. The zero-order valence-electron chi connectivity index (χ0n) is 16.5. The average molecular weight is 382 g/mol. The van der Waals surface area contributed by atoms with Crippen LogP contribution in [0.2, 0.25) is 0 Å². The third-order valence-electron chi connectivity index (χ3n) is 4.67. The van der Waals surface area contributed by atoms with Crippen LogP contribution in [0.3, 0.4) is 0 Å². The standard InChI is InChI=1S/C22H26N2O4/c1-4-12-23-22(26)19-13-24(17-10-5-6-11-18(17)28-19)20(25)14-27-21-15(2)8-7-9-16(21)3/h5-11,19H,4,12-14H2,1-3H3,(H,23,26)/t19-/m0/s1. The van der Waals surface area contributed by atoms with Gasteiger partial charge >= 0.3 is 0 Å². The van der Waals surface area contributed by atoms with Crippen LogP contribution < -0.4 is 19.7 Å². The van der Waals surface area contributed by atoms with Gasteiger partial charge in [0.15, 0.2) is 12.7 Å². The van der Waals surface area contributed by atoms with E-state index in [0.717, 1.165) is 23.3 Å². The summed E-state index contributed by atoms with van der Waals surface area (Å²) in [4.78, 5) is 26.9. The van der Waals surface area contributed by atoms with E-state index in [4.69, 9.17) is 9.47 Å². The van der Waals surface area contributed by atoms with Gasteiger partial charge in [0, 0.05) is 6.54 Å². The van der Waals surface area contributed by atoms with Crippen molar-refractivity contribution in [3.63, 3.8) is 0 Å². The van der Waals surface area contributed by atoms with E-state index >= 15 is 0 Å². The van der Waals surface area contributed by atoms with E-state index in [1.54, 1.807) is 11.0 Å². The van der Waals surface area contributed by atoms with E-state index in [0.29, 0.717) is 18.0 Å². The van der Waals surface area contributed by atoms with Crippen molar-refractivity contribution in [2.75, 3.05) is 24.6 Å². The van der Waals surface area contributed by atoms with E-state index in [-0.39, 0.29) is 25.0 Å². The summed E-state index contributed by atoms with van der Waals surface area (Å²) >= 11 is 0. The molecule has 1 N–H and O–H groups in total. The smallest absolute Gasteiger partial charge is 0.265 e.